The molecule has 2 rings (SSSR count). The SMILES string of the molecule is CCOc1ccccc1CCC(=O)N1CC[C@@H](C(=O)O)C1. The van der Waals surface area contributed by atoms with Gasteiger partial charge in [-0.25, -0.2) is 0 Å². The third-order valence-corrected chi connectivity index (χ3v) is 3.77. The van der Waals surface area contributed by atoms with E-state index in [1.807, 2.05) is 31.2 Å². The van der Waals surface area contributed by atoms with Crippen LogP contribution in [0.2, 0.25) is 0 Å². The van der Waals surface area contributed by atoms with Crippen molar-refractivity contribution in [3.63, 3.8) is 0 Å². The molecule has 5 heteroatoms. The highest BCUT2D eigenvalue weighted by Crippen LogP contribution is 2.21. The lowest BCUT2D eigenvalue weighted by Gasteiger charge is -2.16. The fourth-order valence-electron chi connectivity index (χ4n) is 2.59. The molecule has 21 heavy (non-hydrogen) atoms. The van der Waals surface area contributed by atoms with E-state index < -0.39 is 11.9 Å². The number of carboxylic acid groups (broad SMARTS) is 1. The zero-order chi connectivity index (χ0) is 15.2. The van der Waals surface area contributed by atoms with Crippen LogP contribution in [-0.2, 0) is 16.0 Å². The fraction of sp³-hybridized carbons (Fsp3) is 0.500. The van der Waals surface area contributed by atoms with Crippen molar-refractivity contribution in [1.29, 1.82) is 0 Å². The number of aryl methyl sites for hydroxylation is 1. The first-order valence-electron chi connectivity index (χ1n) is 7.33. The van der Waals surface area contributed by atoms with Crippen molar-refractivity contribution in [2.24, 2.45) is 5.92 Å². The van der Waals surface area contributed by atoms with Crippen molar-refractivity contribution < 1.29 is 19.4 Å². The number of carbonyl (C=O) groups excluding carboxylic acids is 1. The molecular formula is C16H21NO4. The van der Waals surface area contributed by atoms with E-state index in [-0.39, 0.29) is 5.91 Å². The molecule has 1 N–H and O–H groups in total. The summed E-state index contributed by atoms with van der Waals surface area (Å²) < 4.78 is 5.54. The summed E-state index contributed by atoms with van der Waals surface area (Å²) in [6, 6.07) is 7.70. The largest absolute Gasteiger partial charge is 0.494 e. The second kappa shape index (κ2) is 7.11. The van der Waals surface area contributed by atoms with Crippen LogP contribution in [0.15, 0.2) is 24.3 Å². The van der Waals surface area contributed by atoms with Gasteiger partial charge >= 0.3 is 5.97 Å². The minimum absolute atomic E-state index is 0.0186. The van der Waals surface area contributed by atoms with Crippen molar-refractivity contribution in [3.05, 3.63) is 29.8 Å². The Bertz CT molecular complexity index is 515. The summed E-state index contributed by atoms with van der Waals surface area (Å²) in [6.45, 7) is 3.40. The molecule has 1 saturated heterocycles. The van der Waals surface area contributed by atoms with Gasteiger partial charge < -0.3 is 14.7 Å². The van der Waals surface area contributed by atoms with E-state index in [4.69, 9.17) is 9.84 Å². The van der Waals surface area contributed by atoms with Crippen molar-refractivity contribution in [2.45, 2.75) is 26.2 Å². The summed E-state index contributed by atoms with van der Waals surface area (Å²) in [5.41, 5.74) is 1.02. The highest BCUT2D eigenvalue weighted by Gasteiger charge is 2.30. The predicted molar refractivity (Wildman–Crippen MR) is 78.3 cm³/mol. The molecule has 1 aliphatic heterocycles. The van der Waals surface area contributed by atoms with Crippen LogP contribution >= 0.6 is 0 Å². The number of carbonyl (C=O) groups is 2. The maximum atomic E-state index is 12.1. The van der Waals surface area contributed by atoms with Crippen molar-refractivity contribution in [2.75, 3.05) is 19.7 Å². The molecule has 0 spiro atoms. The van der Waals surface area contributed by atoms with Gasteiger partial charge in [0, 0.05) is 19.5 Å². The quantitative estimate of drug-likeness (QED) is 0.870. The topological polar surface area (TPSA) is 66.8 Å². The first-order chi connectivity index (χ1) is 10.1. The molecule has 5 nitrogen and oxygen atoms in total. The standard InChI is InChI=1S/C16H21NO4/c1-2-21-14-6-4-3-5-12(14)7-8-15(18)17-10-9-13(11-17)16(19)20/h3-6,13H,2,7-11H2,1H3,(H,19,20)/t13-/m1/s1. The van der Waals surface area contributed by atoms with Crippen LogP contribution in [0.4, 0.5) is 0 Å². The lowest BCUT2D eigenvalue weighted by Crippen LogP contribution is -2.30. The molecule has 0 radical (unpaired) electrons. The van der Waals surface area contributed by atoms with Gasteiger partial charge in [-0.05, 0) is 31.4 Å². The van der Waals surface area contributed by atoms with Gasteiger partial charge in [0.25, 0.3) is 0 Å². The molecule has 1 aromatic rings. The molecule has 0 bridgehead atoms. The van der Waals surface area contributed by atoms with Crippen LogP contribution in [0.25, 0.3) is 0 Å². The molecule has 1 atom stereocenters. The minimum Gasteiger partial charge on any atom is -0.494 e. The van der Waals surface area contributed by atoms with Gasteiger partial charge in [-0.15, -0.1) is 0 Å². The summed E-state index contributed by atoms with van der Waals surface area (Å²) in [4.78, 5) is 24.7. The highest BCUT2D eigenvalue weighted by molar-refractivity contribution is 5.79. The number of benzene rings is 1. The molecule has 0 unspecified atom stereocenters. The van der Waals surface area contributed by atoms with Crippen molar-refractivity contribution >= 4 is 11.9 Å². The highest BCUT2D eigenvalue weighted by atomic mass is 16.5. The van der Waals surface area contributed by atoms with Crippen LogP contribution in [0.5, 0.6) is 5.75 Å². The maximum Gasteiger partial charge on any atom is 0.308 e. The molecule has 1 aliphatic rings. The van der Waals surface area contributed by atoms with Gasteiger partial charge in [-0.1, -0.05) is 18.2 Å². The Labute approximate surface area is 124 Å². The van der Waals surface area contributed by atoms with Crippen molar-refractivity contribution in [1.82, 2.24) is 4.90 Å². The van der Waals surface area contributed by atoms with E-state index >= 15 is 0 Å². The second-order valence-electron chi connectivity index (χ2n) is 5.20. The molecule has 0 aromatic heterocycles. The summed E-state index contributed by atoms with van der Waals surface area (Å²) in [6.07, 6.45) is 1.55. The summed E-state index contributed by atoms with van der Waals surface area (Å²) >= 11 is 0. The number of para-hydroxylation sites is 1. The predicted octanol–water partition coefficient (Wildman–Crippen LogP) is 1.95. The van der Waals surface area contributed by atoms with E-state index in [1.165, 1.54) is 0 Å². The van der Waals surface area contributed by atoms with E-state index in [9.17, 15) is 9.59 Å². The Hall–Kier alpha value is -2.04. The molecule has 1 heterocycles. The van der Waals surface area contributed by atoms with Crippen LogP contribution in [0.3, 0.4) is 0 Å². The second-order valence-corrected chi connectivity index (χ2v) is 5.20. The molecule has 1 amide bonds. The van der Waals surface area contributed by atoms with Crippen LogP contribution in [0.1, 0.15) is 25.3 Å². The lowest BCUT2D eigenvalue weighted by atomic mass is 10.1. The number of ether oxygens (including phenoxy) is 1. The fourth-order valence-corrected chi connectivity index (χ4v) is 2.59. The number of hydrogen-bond acceptors (Lipinski definition) is 3. The van der Waals surface area contributed by atoms with Gasteiger partial charge in [-0.2, -0.15) is 0 Å². The van der Waals surface area contributed by atoms with Crippen LogP contribution < -0.4 is 4.74 Å². The smallest absolute Gasteiger partial charge is 0.308 e. The van der Waals surface area contributed by atoms with Gasteiger partial charge in [0.15, 0.2) is 0 Å². The molecule has 1 aromatic carbocycles. The summed E-state index contributed by atoms with van der Waals surface area (Å²) in [5.74, 6) is -0.390. The number of aliphatic carboxylic acids is 1. The third kappa shape index (κ3) is 3.97. The Balaban J connectivity index is 1.89. The zero-order valence-corrected chi connectivity index (χ0v) is 12.2. The molecule has 1 fully saturated rings. The van der Waals surface area contributed by atoms with E-state index in [1.54, 1.807) is 4.90 Å². The average Bonchev–Trinajstić information content (AvgIpc) is 2.96. The third-order valence-electron chi connectivity index (χ3n) is 3.77. The van der Waals surface area contributed by atoms with Gasteiger partial charge in [0.05, 0.1) is 12.5 Å². The monoisotopic (exact) mass is 291 g/mol. The van der Waals surface area contributed by atoms with E-state index in [0.717, 1.165) is 11.3 Å². The Morgan fingerprint density at radius 3 is 2.81 bits per heavy atom. The normalized spacial score (nSPS) is 17.8. The molecular weight excluding hydrogens is 270 g/mol. The Morgan fingerprint density at radius 1 is 1.38 bits per heavy atom. The Morgan fingerprint density at radius 2 is 2.14 bits per heavy atom. The number of amides is 1. The molecule has 114 valence electrons. The summed E-state index contributed by atoms with van der Waals surface area (Å²) in [5, 5.41) is 8.96. The average molecular weight is 291 g/mol. The van der Waals surface area contributed by atoms with Gasteiger partial charge in [-0.3, -0.25) is 9.59 Å². The lowest BCUT2D eigenvalue weighted by molar-refractivity contribution is -0.141. The maximum absolute atomic E-state index is 12.1. The van der Waals surface area contributed by atoms with E-state index in [2.05, 4.69) is 0 Å². The number of likely N-dealkylation sites (tertiary alicyclic amines) is 1. The molecule has 0 saturated carbocycles. The first-order valence-corrected chi connectivity index (χ1v) is 7.33. The number of carboxylic acids is 1. The first kappa shape index (κ1) is 15.4. The van der Waals surface area contributed by atoms with Crippen LogP contribution in [0, 0.1) is 5.92 Å². The zero-order valence-electron chi connectivity index (χ0n) is 12.2. The number of hydrogen-bond donors (Lipinski definition) is 1. The number of nitrogens with zero attached hydrogens (tertiary/aromatic N) is 1. The summed E-state index contributed by atoms with van der Waals surface area (Å²) in [7, 11) is 0. The molecule has 0 aliphatic carbocycles. The minimum atomic E-state index is -0.813. The Kier molecular flexibility index (Phi) is 5.20. The van der Waals surface area contributed by atoms with Gasteiger partial charge in [0.1, 0.15) is 5.75 Å². The van der Waals surface area contributed by atoms with Crippen LogP contribution in [-0.4, -0.2) is 41.6 Å². The van der Waals surface area contributed by atoms with E-state index in [0.29, 0.717) is 39.0 Å². The van der Waals surface area contributed by atoms with Gasteiger partial charge in [0.2, 0.25) is 5.91 Å². The number of rotatable bonds is 6. The van der Waals surface area contributed by atoms with Crippen molar-refractivity contribution in [3.8, 4) is 5.75 Å².